The van der Waals surface area contributed by atoms with Crippen LogP contribution in [0.15, 0.2) is 42.6 Å². The molecule has 1 aliphatic heterocycles. The topological polar surface area (TPSA) is 72.2 Å². The van der Waals surface area contributed by atoms with Crippen LogP contribution in [0.3, 0.4) is 0 Å². The van der Waals surface area contributed by atoms with Gasteiger partial charge in [0.25, 0.3) is 0 Å². The third-order valence-electron chi connectivity index (χ3n) is 6.77. The number of pyridine rings is 1. The molecule has 158 valence electrons. The molecule has 0 bridgehead atoms. The Labute approximate surface area is 179 Å². The van der Waals surface area contributed by atoms with Gasteiger partial charge in [-0.25, -0.2) is 4.98 Å². The summed E-state index contributed by atoms with van der Waals surface area (Å²) < 4.78 is 0. The number of aromatic nitrogens is 1. The predicted molar refractivity (Wildman–Crippen MR) is 120 cm³/mol. The zero-order valence-corrected chi connectivity index (χ0v) is 17.6. The molecule has 2 aliphatic rings. The first-order valence-corrected chi connectivity index (χ1v) is 11.3. The Morgan fingerprint density at radius 3 is 2.73 bits per heavy atom. The molecule has 30 heavy (non-hydrogen) atoms. The van der Waals surface area contributed by atoms with Gasteiger partial charge in [0.15, 0.2) is 0 Å². The number of rotatable bonds is 6. The van der Waals surface area contributed by atoms with Gasteiger partial charge in [-0.2, -0.15) is 5.26 Å². The van der Waals surface area contributed by atoms with Crippen LogP contribution in [0, 0.1) is 23.2 Å². The smallest absolute Gasteiger partial charge is 0.126 e. The van der Waals surface area contributed by atoms with Crippen molar-refractivity contribution in [2.24, 2.45) is 11.8 Å². The number of aliphatic hydroxyl groups is 1. The van der Waals surface area contributed by atoms with Crippen molar-refractivity contribution in [3.8, 4) is 6.07 Å². The number of nitrogens with zero attached hydrogens (tertiary/aromatic N) is 3. The molecule has 1 saturated carbocycles. The maximum Gasteiger partial charge on any atom is 0.126 e. The average molecular weight is 405 g/mol. The molecule has 2 N–H and O–H groups in total. The average Bonchev–Trinajstić information content (AvgIpc) is 2.81. The van der Waals surface area contributed by atoms with E-state index in [2.05, 4.69) is 33.4 Å². The molecule has 4 rings (SSSR count). The van der Waals surface area contributed by atoms with Crippen LogP contribution >= 0.6 is 0 Å². The molecule has 1 saturated heterocycles. The number of benzene rings is 1. The van der Waals surface area contributed by atoms with Crippen molar-refractivity contribution in [3.63, 3.8) is 0 Å². The molecule has 0 spiro atoms. The van der Waals surface area contributed by atoms with E-state index in [0.29, 0.717) is 17.9 Å². The standard InChI is InChI=1S/C25H32N4O/c26-16-19-7-9-23(10-8-19)29-13-3-4-20(17-29)14-22-5-1-2-6-24(22)28-25-15-21(18-30)11-12-27-25/h7-12,15,20,22,24,30H,1-6,13-14,17-18H2,(H,27,28)/t20?,22-,24+/m0/s1. The van der Waals surface area contributed by atoms with Gasteiger partial charge in [0.2, 0.25) is 0 Å². The second-order valence-corrected chi connectivity index (χ2v) is 8.85. The Kier molecular flexibility index (Phi) is 6.86. The molecule has 5 nitrogen and oxygen atoms in total. The Morgan fingerprint density at radius 1 is 1.10 bits per heavy atom. The van der Waals surface area contributed by atoms with Crippen molar-refractivity contribution in [2.45, 2.75) is 57.6 Å². The lowest BCUT2D eigenvalue weighted by Gasteiger charge is -2.39. The third-order valence-corrected chi connectivity index (χ3v) is 6.77. The molecule has 1 aromatic carbocycles. The van der Waals surface area contributed by atoms with Crippen molar-refractivity contribution in [1.29, 1.82) is 5.26 Å². The summed E-state index contributed by atoms with van der Waals surface area (Å²) in [4.78, 5) is 6.97. The van der Waals surface area contributed by atoms with Crippen LogP contribution < -0.4 is 10.2 Å². The third kappa shape index (κ3) is 5.12. The van der Waals surface area contributed by atoms with Crippen molar-refractivity contribution < 1.29 is 5.11 Å². The Hall–Kier alpha value is -2.58. The van der Waals surface area contributed by atoms with Gasteiger partial charge >= 0.3 is 0 Å². The van der Waals surface area contributed by atoms with Gasteiger partial charge in [0, 0.05) is 31.0 Å². The van der Waals surface area contributed by atoms with Crippen molar-refractivity contribution >= 4 is 11.5 Å². The summed E-state index contributed by atoms with van der Waals surface area (Å²) in [5.41, 5.74) is 2.87. The first-order chi connectivity index (χ1) is 14.7. The number of hydrogen-bond donors (Lipinski definition) is 2. The van der Waals surface area contributed by atoms with Gasteiger partial charge in [-0.15, -0.1) is 0 Å². The second kappa shape index (κ2) is 9.95. The molecule has 1 unspecified atom stereocenters. The molecular weight excluding hydrogens is 372 g/mol. The van der Waals surface area contributed by atoms with Gasteiger partial charge in [-0.3, -0.25) is 0 Å². The monoisotopic (exact) mass is 404 g/mol. The van der Waals surface area contributed by atoms with Crippen LogP contribution in [0.1, 0.15) is 56.1 Å². The van der Waals surface area contributed by atoms with Gasteiger partial charge < -0.3 is 15.3 Å². The lowest BCUT2D eigenvalue weighted by Crippen LogP contribution is -2.39. The predicted octanol–water partition coefficient (Wildman–Crippen LogP) is 4.72. The van der Waals surface area contributed by atoms with E-state index in [4.69, 9.17) is 5.26 Å². The van der Waals surface area contributed by atoms with Crippen LogP contribution in [0.5, 0.6) is 0 Å². The van der Waals surface area contributed by atoms with Gasteiger partial charge in [-0.05, 0) is 85.9 Å². The summed E-state index contributed by atoms with van der Waals surface area (Å²) in [6.07, 6.45) is 10.6. The fourth-order valence-electron chi connectivity index (χ4n) is 5.19. The molecule has 2 aromatic rings. The maximum absolute atomic E-state index is 9.41. The van der Waals surface area contributed by atoms with E-state index in [1.165, 1.54) is 50.6 Å². The molecule has 5 heteroatoms. The van der Waals surface area contributed by atoms with Crippen LogP contribution in [0.4, 0.5) is 11.5 Å². The van der Waals surface area contributed by atoms with Crippen LogP contribution in [-0.2, 0) is 6.61 Å². The van der Waals surface area contributed by atoms with E-state index in [1.807, 2.05) is 24.3 Å². The van der Waals surface area contributed by atoms with E-state index in [0.717, 1.165) is 30.0 Å². The molecule has 1 aromatic heterocycles. The number of aliphatic hydroxyl groups excluding tert-OH is 1. The Balaban J connectivity index is 1.38. The fourth-order valence-corrected chi connectivity index (χ4v) is 5.19. The Bertz CT molecular complexity index is 860. The largest absolute Gasteiger partial charge is 0.392 e. The maximum atomic E-state index is 9.41. The number of nitrogens with one attached hydrogen (secondary N) is 1. The molecule has 1 aliphatic carbocycles. The van der Waals surface area contributed by atoms with Crippen molar-refractivity contribution in [3.05, 3.63) is 53.7 Å². The van der Waals surface area contributed by atoms with Gasteiger partial charge in [0.1, 0.15) is 5.82 Å². The molecule has 3 atom stereocenters. The number of anilines is 2. The van der Waals surface area contributed by atoms with Gasteiger partial charge in [-0.1, -0.05) is 12.8 Å². The van der Waals surface area contributed by atoms with Gasteiger partial charge in [0.05, 0.1) is 18.2 Å². The molecule has 0 radical (unpaired) electrons. The second-order valence-electron chi connectivity index (χ2n) is 8.85. The Morgan fingerprint density at radius 2 is 1.93 bits per heavy atom. The molecular formula is C25H32N4O. The van der Waals surface area contributed by atoms with E-state index in [1.54, 1.807) is 6.20 Å². The summed E-state index contributed by atoms with van der Waals surface area (Å²) >= 11 is 0. The molecule has 2 heterocycles. The highest BCUT2D eigenvalue weighted by molar-refractivity contribution is 5.50. The quantitative estimate of drug-likeness (QED) is 0.729. The van der Waals surface area contributed by atoms with E-state index in [9.17, 15) is 5.11 Å². The van der Waals surface area contributed by atoms with Crippen molar-refractivity contribution in [1.82, 2.24) is 4.98 Å². The number of hydrogen-bond acceptors (Lipinski definition) is 5. The molecule has 2 fully saturated rings. The summed E-state index contributed by atoms with van der Waals surface area (Å²) in [5, 5.41) is 22.1. The van der Waals surface area contributed by atoms with Crippen LogP contribution in [-0.4, -0.2) is 29.2 Å². The normalized spacial score (nSPS) is 24.3. The highest BCUT2D eigenvalue weighted by Gasteiger charge is 2.30. The van der Waals surface area contributed by atoms with E-state index < -0.39 is 0 Å². The SMILES string of the molecule is N#Cc1ccc(N2CCCC(C[C@@H]3CCCC[C@H]3Nc3cc(CO)ccn3)C2)cc1. The summed E-state index contributed by atoms with van der Waals surface area (Å²) in [6, 6.07) is 14.5. The lowest BCUT2D eigenvalue weighted by molar-refractivity contribution is 0.247. The highest BCUT2D eigenvalue weighted by atomic mass is 16.3. The minimum absolute atomic E-state index is 0.0541. The minimum Gasteiger partial charge on any atom is -0.392 e. The summed E-state index contributed by atoms with van der Waals surface area (Å²) in [6.45, 7) is 2.26. The zero-order chi connectivity index (χ0) is 20.8. The lowest BCUT2D eigenvalue weighted by atomic mass is 9.77. The molecule has 0 amide bonds. The minimum atomic E-state index is 0.0541. The number of nitriles is 1. The summed E-state index contributed by atoms with van der Waals surface area (Å²) in [7, 11) is 0. The summed E-state index contributed by atoms with van der Waals surface area (Å²) in [5.74, 6) is 2.27. The zero-order valence-electron chi connectivity index (χ0n) is 17.6. The van der Waals surface area contributed by atoms with E-state index >= 15 is 0 Å². The first-order valence-electron chi connectivity index (χ1n) is 11.3. The first kappa shape index (κ1) is 20.7. The number of piperidine rings is 1. The highest BCUT2D eigenvalue weighted by Crippen LogP contribution is 2.35. The fraction of sp³-hybridized carbons (Fsp3) is 0.520. The van der Waals surface area contributed by atoms with Crippen LogP contribution in [0.2, 0.25) is 0 Å². The van der Waals surface area contributed by atoms with E-state index in [-0.39, 0.29) is 6.61 Å². The van der Waals surface area contributed by atoms with Crippen molar-refractivity contribution in [2.75, 3.05) is 23.3 Å². The van der Waals surface area contributed by atoms with Crippen LogP contribution in [0.25, 0.3) is 0 Å².